The highest BCUT2D eigenvalue weighted by Crippen LogP contribution is 2.40. The predicted octanol–water partition coefficient (Wildman–Crippen LogP) is 1.42. The molecule has 1 amide bonds. The lowest BCUT2D eigenvalue weighted by Crippen LogP contribution is -2.48. The van der Waals surface area contributed by atoms with Crippen LogP contribution in [0, 0.1) is 5.92 Å². The van der Waals surface area contributed by atoms with E-state index in [1.165, 1.54) is 0 Å². The lowest BCUT2D eigenvalue weighted by atomic mass is 9.79. The van der Waals surface area contributed by atoms with Gasteiger partial charge in [-0.3, -0.25) is 0 Å². The maximum Gasteiger partial charge on any atom is 0.407 e. The first-order valence-corrected chi connectivity index (χ1v) is 6.49. The van der Waals surface area contributed by atoms with Crippen molar-refractivity contribution in [3.8, 4) is 0 Å². The minimum atomic E-state index is -0.300. The number of alkyl carbamates (subject to hydrolysis) is 1. The number of nitrogens with one attached hydrogen (secondary N) is 1. The van der Waals surface area contributed by atoms with Gasteiger partial charge >= 0.3 is 6.09 Å². The number of amides is 1. The second-order valence-electron chi connectivity index (χ2n) is 5.12. The van der Waals surface area contributed by atoms with Crippen molar-refractivity contribution >= 4 is 6.09 Å². The first kappa shape index (κ1) is 11.3. The molecule has 0 aromatic carbocycles. The molecule has 17 heavy (non-hydrogen) atoms. The van der Waals surface area contributed by atoms with Gasteiger partial charge in [0.15, 0.2) is 5.79 Å². The highest BCUT2D eigenvalue weighted by molar-refractivity contribution is 5.68. The molecule has 0 bridgehead atoms. The van der Waals surface area contributed by atoms with E-state index in [4.69, 9.17) is 14.2 Å². The zero-order valence-electron chi connectivity index (χ0n) is 9.94. The van der Waals surface area contributed by atoms with Gasteiger partial charge in [0.25, 0.3) is 0 Å². The second kappa shape index (κ2) is 4.46. The Hall–Kier alpha value is -0.810. The van der Waals surface area contributed by atoms with Gasteiger partial charge in [-0.1, -0.05) is 0 Å². The zero-order chi connectivity index (χ0) is 11.7. The molecule has 1 N–H and O–H groups in total. The monoisotopic (exact) mass is 241 g/mol. The number of hydrogen-bond donors (Lipinski definition) is 1. The number of carbonyl (C=O) groups is 1. The first-order chi connectivity index (χ1) is 8.27. The van der Waals surface area contributed by atoms with Crippen molar-refractivity contribution in [3.63, 3.8) is 0 Å². The number of carbonyl (C=O) groups excluding carboxylic acids is 1. The lowest BCUT2D eigenvalue weighted by molar-refractivity contribution is -0.184. The Bertz CT molecular complexity index is 291. The Morgan fingerprint density at radius 1 is 1.06 bits per heavy atom. The zero-order valence-corrected chi connectivity index (χ0v) is 9.94. The maximum absolute atomic E-state index is 11.2. The Balaban J connectivity index is 1.55. The summed E-state index contributed by atoms with van der Waals surface area (Å²) in [5, 5.41) is 2.92. The molecule has 2 aliphatic heterocycles. The van der Waals surface area contributed by atoms with Crippen molar-refractivity contribution in [1.29, 1.82) is 0 Å². The standard InChI is InChI=1S/C12H19NO4/c14-11-13-10(3-6-15-11)9-1-4-12(5-2-9)16-7-8-17-12/h9-10H,1-8H2,(H,13,14). The van der Waals surface area contributed by atoms with Crippen molar-refractivity contribution in [1.82, 2.24) is 5.32 Å². The molecular formula is C12H19NO4. The Kier molecular flexibility index (Phi) is 2.96. The van der Waals surface area contributed by atoms with E-state index in [2.05, 4.69) is 5.32 Å². The Morgan fingerprint density at radius 2 is 1.76 bits per heavy atom. The van der Waals surface area contributed by atoms with Crippen LogP contribution < -0.4 is 5.32 Å². The van der Waals surface area contributed by atoms with Crippen molar-refractivity contribution in [3.05, 3.63) is 0 Å². The number of cyclic esters (lactones) is 1. The third-order valence-electron chi connectivity index (χ3n) is 4.14. The second-order valence-corrected chi connectivity index (χ2v) is 5.12. The highest BCUT2D eigenvalue weighted by Gasteiger charge is 2.42. The van der Waals surface area contributed by atoms with E-state index in [-0.39, 0.29) is 17.9 Å². The molecule has 1 aliphatic carbocycles. The summed E-state index contributed by atoms with van der Waals surface area (Å²) < 4.78 is 16.3. The molecule has 2 heterocycles. The van der Waals surface area contributed by atoms with Crippen LogP contribution in [0.1, 0.15) is 32.1 Å². The summed E-state index contributed by atoms with van der Waals surface area (Å²) in [6.07, 6.45) is 4.67. The predicted molar refractivity (Wildman–Crippen MR) is 59.5 cm³/mol. The van der Waals surface area contributed by atoms with Gasteiger partial charge < -0.3 is 19.5 Å². The molecule has 5 heteroatoms. The normalized spacial score (nSPS) is 33.4. The van der Waals surface area contributed by atoms with E-state index in [1.54, 1.807) is 0 Å². The molecule has 0 aromatic heterocycles. The molecule has 3 fully saturated rings. The molecule has 3 aliphatic rings. The van der Waals surface area contributed by atoms with Crippen LogP contribution in [0.5, 0.6) is 0 Å². The van der Waals surface area contributed by atoms with Gasteiger partial charge in [-0.2, -0.15) is 0 Å². The van der Waals surface area contributed by atoms with Gasteiger partial charge in [0.05, 0.1) is 19.8 Å². The minimum Gasteiger partial charge on any atom is -0.449 e. The van der Waals surface area contributed by atoms with Crippen LogP contribution in [0.2, 0.25) is 0 Å². The van der Waals surface area contributed by atoms with Crippen LogP contribution in [-0.4, -0.2) is 37.7 Å². The van der Waals surface area contributed by atoms with E-state index >= 15 is 0 Å². The summed E-state index contributed by atoms with van der Waals surface area (Å²) in [6.45, 7) is 1.99. The van der Waals surface area contributed by atoms with Gasteiger partial charge in [0, 0.05) is 25.3 Å². The van der Waals surface area contributed by atoms with Crippen LogP contribution in [0.3, 0.4) is 0 Å². The Morgan fingerprint density at radius 3 is 2.41 bits per heavy atom. The van der Waals surface area contributed by atoms with Gasteiger partial charge in [0.1, 0.15) is 0 Å². The molecule has 1 spiro atoms. The van der Waals surface area contributed by atoms with E-state index in [0.29, 0.717) is 12.5 Å². The summed E-state index contributed by atoms with van der Waals surface area (Å²) in [7, 11) is 0. The highest BCUT2D eigenvalue weighted by atomic mass is 16.7. The van der Waals surface area contributed by atoms with Crippen LogP contribution in [0.4, 0.5) is 4.79 Å². The SMILES string of the molecule is O=C1NC(C2CCC3(CC2)OCCO3)CCO1. The molecule has 96 valence electrons. The third kappa shape index (κ3) is 2.26. The maximum atomic E-state index is 11.2. The van der Waals surface area contributed by atoms with Gasteiger partial charge in [-0.05, 0) is 18.8 Å². The van der Waals surface area contributed by atoms with Gasteiger partial charge in [-0.25, -0.2) is 4.79 Å². The van der Waals surface area contributed by atoms with E-state index < -0.39 is 0 Å². The molecule has 0 radical (unpaired) electrons. The summed E-state index contributed by atoms with van der Waals surface area (Å²) >= 11 is 0. The summed E-state index contributed by atoms with van der Waals surface area (Å²) in [6, 6.07) is 0.273. The van der Waals surface area contributed by atoms with E-state index in [0.717, 1.165) is 45.3 Å². The fraction of sp³-hybridized carbons (Fsp3) is 0.917. The molecule has 2 saturated heterocycles. The van der Waals surface area contributed by atoms with Crippen molar-refractivity contribution in [2.75, 3.05) is 19.8 Å². The molecule has 1 unspecified atom stereocenters. The molecule has 1 saturated carbocycles. The number of rotatable bonds is 1. The van der Waals surface area contributed by atoms with E-state index in [1.807, 2.05) is 0 Å². The third-order valence-corrected chi connectivity index (χ3v) is 4.14. The summed E-state index contributed by atoms with van der Waals surface area (Å²) in [5.74, 6) is 0.243. The largest absolute Gasteiger partial charge is 0.449 e. The lowest BCUT2D eigenvalue weighted by Gasteiger charge is -2.39. The molecular weight excluding hydrogens is 222 g/mol. The number of hydrogen-bond acceptors (Lipinski definition) is 4. The smallest absolute Gasteiger partial charge is 0.407 e. The molecule has 5 nitrogen and oxygen atoms in total. The fourth-order valence-corrected chi connectivity index (χ4v) is 3.17. The summed E-state index contributed by atoms with van der Waals surface area (Å²) in [4.78, 5) is 11.2. The number of ether oxygens (including phenoxy) is 3. The van der Waals surface area contributed by atoms with Gasteiger partial charge in [-0.15, -0.1) is 0 Å². The average Bonchev–Trinajstić information content (AvgIpc) is 2.79. The van der Waals surface area contributed by atoms with Crippen LogP contribution in [0.25, 0.3) is 0 Å². The van der Waals surface area contributed by atoms with Crippen LogP contribution in [0.15, 0.2) is 0 Å². The van der Waals surface area contributed by atoms with Crippen LogP contribution >= 0.6 is 0 Å². The van der Waals surface area contributed by atoms with Crippen molar-refractivity contribution in [2.24, 2.45) is 5.92 Å². The van der Waals surface area contributed by atoms with Crippen molar-refractivity contribution in [2.45, 2.75) is 43.9 Å². The van der Waals surface area contributed by atoms with Gasteiger partial charge in [0.2, 0.25) is 0 Å². The molecule has 3 rings (SSSR count). The van der Waals surface area contributed by atoms with Crippen LogP contribution in [-0.2, 0) is 14.2 Å². The van der Waals surface area contributed by atoms with Crippen molar-refractivity contribution < 1.29 is 19.0 Å². The van der Waals surface area contributed by atoms with E-state index in [9.17, 15) is 4.79 Å². The Labute approximate surface area is 101 Å². The topological polar surface area (TPSA) is 56.8 Å². The average molecular weight is 241 g/mol. The minimum absolute atomic E-state index is 0.269. The fourth-order valence-electron chi connectivity index (χ4n) is 3.17. The molecule has 0 aromatic rings. The first-order valence-electron chi connectivity index (χ1n) is 6.49. The molecule has 1 atom stereocenters. The summed E-state index contributed by atoms with van der Waals surface area (Å²) in [5.41, 5.74) is 0. The quantitative estimate of drug-likeness (QED) is 0.754.